The van der Waals surface area contributed by atoms with Gasteiger partial charge in [-0.25, -0.2) is 0 Å². The first kappa shape index (κ1) is 31.2. The third kappa shape index (κ3) is 6.86. The molecule has 0 radical (unpaired) electrons. The monoisotopic (exact) mass is 618 g/mol. The first-order valence-corrected chi connectivity index (χ1v) is 14.0. The maximum absolute atomic E-state index is 14.5. The van der Waals surface area contributed by atoms with E-state index in [-0.39, 0.29) is 47.3 Å². The van der Waals surface area contributed by atoms with E-state index in [0.29, 0.717) is 12.8 Å². The highest BCUT2D eigenvalue weighted by Crippen LogP contribution is 2.41. The van der Waals surface area contributed by atoms with Crippen molar-refractivity contribution in [3.63, 3.8) is 0 Å². The molecule has 41 heavy (non-hydrogen) atoms. The SMILES string of the molecule is CC1C[C@@H](n2ncc(C(=O)N(CC(=O)c3c(Cl)cncc3Cl)C[C@H]3CCC(C)(C)O3)c2C(F)(F)F)CC[C@@H]1C(=O)O. The molecule has 4 atom stereocenters. The van der Waals surface area contributed by atoms with Crippen LogP contribution in [0.1, 0.15) is 85.3 Å². The van der Waals surface area contributed by atoms with Gasteiger partial charge in [0, 0.05) is 18.9 Å². The molecule has 2 aromatic heterocycles. The van der Waals surface area contributed by atoms with Crippen LogP contribution in [-0.4, -0.2) is 67.2 Å². The van der Waals surface area contributed by atoms with E-state index in [1.54, 1.807) is 6.92 Å². The smallest absolute Gasteiger partial charge is 0.433 e. The van der Waals surface area contributed by atoms with Gasteiger partial charge in [-0.3, -0.25) is 24.0 Å². The number of amides is 1. The number of Topliss-reactive ketones (excluding diaryl/α,β-unsaturated/α-hetero) is 1. The van der Waals surface area contributed by atoms with Gasteiger partial charge < -0.3 is 14.7 Å². The number of carbonyl (C=O) groups excluding carboxylic acids is 2. The van der Waals surface area contributed by atoms with Crippen LogP contribution in [0.2, 0.25) is 10.0 Å². The summed E-state index contributed by atoms with van der Waals surface area (Å²) in [6.45, 7) is 4.67. The number of rotatable bonds is 8. The van der Waals surface area contributed by atoms with Gasteiger partial charge >= 0.3 is 12.1 Å². The van der Waals surface area contributed by atoms with Gasteiger partial charge in [0.15, 0.2) is 11.5 Å². The lowest BCUT2D eigenvalue weighted by atomic mass is 9.78. The Balaban J connectivity index is 1.68. The molecule has 14 heteroatoms. The number of aliphatic carboxylic acids is 1. The van der Waals surface area contributed by atoms with Crippen molar-refractivity contribution in [3.05, 3.63) is 45.5 Å². The lowest BCUT2D eigenvalue weighted by Crippen LogP contribution is -2.42. The summed E-state index contributed by atoms with van der Waals surface area (Å²) in [5.41, 5.74) is -2.53. The molecule has 1 saturated carbocycles. The van der Waals surface area contributed by atoms with Gasteiger partial charge in [0.25, 0.3) is 5.91 Å². The summed E-state index contributed by atoms with van der Waals surface area (Å²) >= 11 is 12.3. The Morgan fingerprint density at radius 3 is 2.34 bits per heavy atom. The largest absolute Gasteiger partial charge is 0.481 e. The fourth-order valence-electron chi connectivity index (χ4n) is 5.81. The summed E-state index contributed by atoms with van der Waals surface area (Å²) < 4.78 is 50.3. The topological polar surface area (TPSA) is 115 Å². The lowest BCUT2D eigenvalue weighted by molar-refractivity contribution is -0.149. The van der Waals surface area contributed by atoms with Gasteiger partial charge in [0.05, 0.1) is 57.6 Å². The van der Waals surface area contributed by atoms with E-state index < -0.39 is 65.3 Å². The van der Waals surface area contributed by atoms with E-state index in [9.17, 15) is 32.7 Å². The summed E-state index contributed by atoms with van der Waals surface area (Å²) in [6.07, 6.45) is -0.478. The van der Waals surface area contributed by atoms with Gasteiger partial charge in [0.2, 0.25) is 0 Å². The molecule has 0 bridgehead atoms. The number of hydrogen-bond acceptors (Lipinski definition) is 6. The number of alkyl halides is 3. The average molecular weight is 619 g/mol. The summed E-state index contributed by atoms with van der Waals surface area (Å²) in [4.78, 5) is 43.4. The van der Waals surface area contributed by atoms with Crippen LogP contribution in [0.25, 0.3) is 0 Å². The number of pyridine rings is 1. The first-order chi connectivity index (χ1) is 19.1. The normalized spacial score (nSPS) is 24.3. The van der Waals surface area contributed by atoms with Crippen molar-refractivity contribution in [1.82, 2.24) is 19.7 Å². The van der Waals surface area contributed by atoms with E-state index in [0.717, 1.165) is 15.8 Å². The first-order valence-electron chi connectivity index (χ1n) is 13.3. The van der Waals surface area contributed by atoms with Crippen molar-refractivity contribution >= 4 is 40.9 Å². The predicted octanol–water partition coefficient (Wildman–Crippen LogP) is 5.95. The third-order valence-corrected chi connectivity index (χ3v) is 8.40. The number of halogens is 5. The van der Waals surface area contributed by atoms with Crippen molar-refractivity contribution in [3.8, 4) is 0 Å². The Hall–Kier alpha value is -2.70. The molecule has 0 aromatic carbocycles. The van der Waals surface area contributed by atoms with Crippen LogP contribution >= 0.6 is 23.2 Å². The second-order valence-corrected chi connectivity index (χ2v) is 12.2. The highest BCUT2D eigenvalue weighted by atomic mass is 35.5. The van der Waals surface area contributed by atoms with Crippen LogP contribution in [0.3, 0.4) is 0 Å². The number of ketones is 1. The molecule has 1 aliphatic carbocycles. The number of carboxylic acid groups (broad SMARTS) is 1. The van der Waals surface area contributed by atoms with Crippen molar-refractivity contribution in [2.45, 2.75) is 76.8 Å². The summed E-state index contributed by atoms with van der Waals surface area (Å²) in [5.74, 6) is -3.76. The molecule has 1 amide bonds. The zero-order chi connectivity index (χ0) is 30.3. The maximum Gasteiger partial charge on any atom is 0.433 e. The zero-order valence-electron chi connectivity index (χ0n) is 22.8. The number of aromatic nitrogens is 3. The minimum absolute atomic E-state index is 0.0527. The minimum atomic E-state index is -4.95. The van der Waals surface area contributed by atoms with Crippen LogP contribution in [0.4, 0.5) is 13.2 Å². The van der Waals surface area contributed by atoms with E-state index in [4.69, 9.17) is 27.9 Å². The highest BCUT2D eigenvalue weighted by molar-refractivity contribution is 6.39. The number of hydrogen-bond donors (Lipinski definition) is 1. The second kappa shape index (κ2) is 11.9. The Kier molecular flexibility index (Phi) is 9.06. The molecule has 1 unspecified atom stereocenters. The van der Waals surface area contributed by atoms with Crippen LogP contribution in [0.15, 0.2) is 18.6 Å². The molecule has 4 rings (SSSR count). The van der Waals surface area contributed by atoms with Crippen LogP contribution in [-0.2, 0) is 15.7 Å². The van der Waals surface area contributed by atoms with Gasteiger partial charge in [-0.15, -0.1) is 0 Å². The molecule has 224 valence electrons. The zero-order valence-corrected chi connectivity index (χ0v) is 24.3. The number of ether oxygens (including phenoxy) is 1. The Bertz CT molecular complexity index is 1310. The van der Waals surface area contributed by atoms with Gasteiger partial charge in [-0.2, -0.15) is 18.3 Å². The molecule has 1 aliphatic heterocycles. The molecule has 1 N–H and O–H groups in total. The quantitative estimate of drug-likeness (QED) is 0.364. The van der Waals surface area contributed by atoms with Crippen molar-refractivity contribution in [1.29, 1.82) is 0 Å². The fraction of sp³-hybridized carbons (Fsp3) is 0.593. The molecule has 2 aliphatic rings. The van der Waals surface area contributed by atoms with E-state index in [1.165, 1.54) is 12.4 Å². The summed E-state index contributed by atoms with van der Waals surface area (Å²) in [6, 6.07) is -0.748. The van der Waals surface area contributed by atoms with Gasteiger partial charge in [-0.05, 0) is 51.9 Å². The van der Waals surface area contributed by atoms with Crippen LogP contribution < -0.4 is 0 Å². The Morgan fingerprint density at radius 1 is 1.15 bits per heavy atom. The number of carbonyl (C=O) groups is 3. The van der Waals surface area contributed by atoms with Crippen molar-refractivity contribution < 1.29 is 37.4 Å². The van der Waals surface area contributed by atoms with Crippen LogP contribution in [0.5, 0.6) is 0 Å². The van der Waals surface area contributed by atoms with E-state index in [1.807, 2.05) is 13.8 Å². The number of nitrogens with zero attached hydrogens (tertiary/aromatic N) is 4. The Morgan fingerprint density at radius 2 is 1.80 bits per heavy atom. The minimum Gasteiger partial charge on any atom is -0.481 e. The predicted molar refractivity (Wildman–Crippen MR) is 143 cm³/mol. The average Bonchev–Trinajstić information content (AvgIpc) is 3.46. The molecular weight excluding hydrogens is 588 g/mol. The molecule has 2 aromatic rings. The molecule has 1 saturated heterocycles. The summed E-state index contributed by atoms with van der Waals surface area (Å²) in [5, 5.41) is 13.3. The molecule has 9 nitrogen and oxygen atoms in total. The van der Waals surface area contributed by atoms with Gasteiger partial charge in [0.1, 0.15) is 0 Å². The number of carboxylic acids is 1. The highest BCUT2D eigenvalue weighted by Gasteiger charge is 2.45. The lowest BCUT2D eigenvalue weighted by Gasteiger charge is -2.33. The van der Waals surface area contributed by atoms with Crippen molar-refractivity contribution in [2.24, 2.45) is 11.8 Å². The van der Waals surface area contributed by atoms with E-state index >= 15 is 0 Å². The maximum atomic E-state index is 14.5. The molecule has 0 spiro atoms. The second-order valence-electron chi connectivity index (χ2n) is 11.4. The molecule has 3 heterocycles. The Labute approximate surface area is 244 Å². The fourth-order valence-corrected chi connectivity index (χ4v) is 6.38. The van der Waals surface area contributed by atoms with Gasteiger partial charge in [-0.1, -0.05) is 30.1 Å². The molecule has 2 fully saturated rings. The standard InChI is InChI=1S/C27H31Cl2F3N4O5/c1-14-8-15(4-5-17(14)25(39)40)36-23(27(30,31)32)18(9-34-36)24(38)35(12-16-6-7-26(2,3)41-16)13-21(37)22-19(28)10-33-11-20(22)29/h9-11,14-17H,4-8,12-13H2,1-3H3,(H,39,40)/t14?,15-,16+,17-/m0/s1. The third-order valence-electron chi connectivity index (χ3n) is 7.83. The van der Waals surface area contributed by atoms with Crippen molar-refractivity contribution in [2.75, 3.05) is 13.1 Å². The molecular formula is C27H31Cl2F3N4O5. The van der Waals surface area contributed by atoms with E-state index in [2.05, 4.69) is 10.1 Å². The summed E-state index contributed by atoms with van der Waals surface area (Å²) in [7, 11) is 0. The van der Waals surface area contributed by atoms with Crippen LogP contribution in [0, 0.1) is 11.8 Å².